The van der Waals surface area contributed by atoms with E-state index in [2.05, 4.69) is 5.32 Å². The summed E-state index contributed by atoms with van der Waals surface area (Å²) in [5.41, 5.74) is 2.60. The van der Waals surface area contributed by atoms with E-state index in [9.17, 15) is 9.90 Å². The van der Waals surface area contributed by atoms with E-state index in [0.717, 1.165) is 5.56 Å². The first-order valence-corrected chi connectivity index (χ1v) is 10.4. The first-order chi connectivity index (χ1) is 16.5. The van der Waals surface area contributed by atoms with E-state index < -0.39 is 0 Å². The van der Waals surface area contributed by atoms with Crippen molar-refractivity contribution in [2.75, 3.05) is 33.8 Å². The number of allylic oxidation sites excluding steroid dienone is 1. The van der Waals surface area contributed by atoms with Crippen LogP contribution in [0, 0.1) is 0 Å². The fourth-order valence-corrected chi connectivity index (χ4v) is 3.35. The van der Waals surface area contributed by atoms with E-state index >= 15 is 0 Å². The molecule has 3 aromatic carbocycles. The summed E-state index contributed by atoms with van der Waals surface area (Å²) in [6.45, 7) is 0. The maximum absolute atomic E-state index is 12.3. The largest absolute Gasteiger partial charge is 0.504 e. The lowest BCUT2D eigenvalue weighted by Gasteiger charge is -2.13. The molecule has 0 spiro atoms. The standard InChI is InChI=1S/C27H27NO6/c1-31-24-16-19(17-25(32-2)27(24)34-4)11-10-18-14-21(26(33-3)23(30)15-18)28-13-12-22(29)20-8-6-5-7-9-20/h5-17,28,30H,1-4H3/b11-10?,13-12-. The summed E-state index contributed by atoms with van der Waals surface area (Å²) >= 11 is 0. The average molecular weight is 462 g/mol. The molecule has 0 aromatic heterocycles. The molecule has 3 aromatic rings. The Balaban J connectivity index is 1.86. The topological polar surface area (TPSA) is 86.2 Å². The number of aromatic hydroxyl groups is 1. The van der Waals surface area contributed by atoms with E-state index in [1.165, 1.54) is 19.4 Å². The number of rotatable bonds is 10. The van der Waals surface area contributed by atoms with Crippen molar-refractivity contribution >= 4 is 23.6 Å². The lowest BCUT2D eigenvalue weighted by molar-refractivity contribution is 0.104. The van der Waals surface area contributed by atoms with E-state index in [0.29, 0.717) is 34.1 Å². The lowest BCUT2D eigenvalue weighted by atomic mass is 10.1. The molecular weight excluding hydrogens is 434 g/mol. The number of hydrogen-bond donors (Lipinski definition) is 2. The summed E-state index contributed by atoms with van der Waals surface area (Å²) in [7, 11) is 6.12. The third kappa shape index (κ3) is 5.69. The fourth-order valence-electron chi connectivity index (χ4n) is 3.35. The van der Waals surface area contributed by atoms with Crippen LogP contribution in [0.4, 0.5) is 5.69 Å². The molecule has 176 valence electrons. The molecule has 0 amide bonds. The Morgan fingerprint density at radius 3 is 1.94 bits per heavy atom. The Labute approximate surface area is 198 Å². The van der Waals surface area contributed by atoms with Crippen LogP contribution in [0.25, 0.3) is 12.2 Å². The van der Waals surface area contributed by atoms with Crippen LogP contribution < -0.4 is 24.3 Å². The minimum absolute atomic E-state index is 0.0418. The van der Waals surface area contributed by atoms with E-state index in [4.69, 9.17) is 18.9 Å². The number of ketones is 1. The number of methoxy groups -OCH3 is 4. The molecule has 0 aliphatic heterocycles. The highest BCUT2D eigenvalue weighted by Crippen LogP contribution is 2.39. The van der Waals surface area contributed by atoms with Gasteiger partial charge in [-0.15, -0.1) is 0 Å². The van der Waals surface area contributed by atoms with Gasteiger partial charge in [0.1, 0.15) is 0 Å². The van der Waals surface area contributed by atoms with Gasteiger partial charge < -0.3 is 29.4 Å². The molecule has 7 nitrogen and oxygen atoms in total. The lowest BCUT2D eigenvalue weighted by Crippen LogP contribution is -1.98. The van der Waals surface area contributed by atoms with Crippen LogP contribution in [-0.2, 0) is 0 Å². The van der Waals surface area contributed by atoms with Crippen molar-refractivity contribution in [2.24, 2.45) is 0 Å². The molecule has 0 heterocycles. The number of phenols is 1. The van der Waals surface area contributed by atoms with Gasteiger partial charge in [-0.3, -0.25) is 4.79 Å². The van der Waals surface area contributed by atoms with Crippen molar-refractivity contribution in [3.05, 3.63) is 83.6 Å². The van der Waals surface area contributed by atoms with Crippen molar-refractivity contribution in [1.29, 1.82) is 0 Å². The third-order valence-electron chi connectivity index (χ3n) is 4.98. The number of hydrogen-bond acceptors (Lipinski definition) is 7. The highest BCUT2D eigenvalue weighted by atomic mass is 16.5. The molecule has 0 fully saturated rings. The summed E-state index contributed by atoms with van der Waals surface area (Å²) in [6.07, 6.45) is 6.61. The number of benzene rings is 3. The molecule has 3 rings (SSSR count). The molecule has 2 N–H and O–H groups in total. The van der Waals surface area contributed by atoms with Gasteiger partial charge in [0.15, 0.2) is 28.8 Å². The van der Waals surface area contributed by atoms with Gasteiger partial charge in [-0.2, -0.15) is 0 Å². The van der Waals surface area contributed by atoms with Crippen LogP contribution in [0.1, 0.15) is 21.5 Å². The SMILES string of the molecule is COc1cc(C=Cc2cc(O)c(OC)c(N/C=C\C(=O)c3ccccc3)c2)cc(OC)c1OC. The minimum atomic E-state index is -0.144. The number of carbonyl (C=O) groups excluding carboxylic acids is 1. The molecule has 0 aliphatic carbocycles. The Bertz CT molecular complexity index is 1180. The van der Waals surface area contributed by atoms with Crippen molar-refractivity contribution in [3.8, 4) is 28.7 Å². The number of carbonyl (C=O) groups is 1. The molecule has 0 unspecified atom stereocenters. The average Bonchev–Trinajstić information content (AvgIpc) is 2.87. The van der Waals surface area contributed by atoms with E-state index in [1.807, 2.05) is 30.4 Å². The predicted molar refractivity (Wildman–Crippen MR) is 133 cm³/mol. The normalized spacial score (nSPS) is 10.9. The molecule has 0 bridgehead atoms. The van der Waals surface area contributed by atoms with Gasteiger partial charge in [-0.1, -0.05) is 42.5 Å². The van der Waals surface area contributed by atoms with Gasteiger partial charge in [0.05, 0.1) is 34.1 Å². The first kappa shape index (κ1) is 24.3. The van der Waals surface area contributed by atoms with Crippen LogP contribution in [0.5, 0.6) is 28.7 Å². The zero-order valence-corrected chi connectivity index (χ0v) is 19.5. The van der Waals surface area contributed by atoms with Gasteiger partial charge in [0, 0.05) is 17.8 Å². The smallest absolute Gasteiger partial charge is 0.203 e. The number of nitrogens with one attached hydrogen (secondary N) is 1. The molecule has 0 atom stereocenters. The van der Waals surface area contributed by atoms with Crippen LogP contribution in [0.3, 0.4) is 0 Å². The predicted octanol–water partition coefficient (Wildman–Crippen LogP) is 5.41. The fraction of sp³-hybridized carbons (Fsp3) is 0.148. The molecule has 0 saturated heterocycles. The highest BCUT2D eigenvalue weighted by Gasteiger charge is 2.13. The molecular formula is C27H27NO6. The van der Waals surface area contributed by atoms with Crippen molar-refractivity contribution < 1.29 is 28.8 Å². The Morgan fingerprint density at radius 2 is 1.38 bits per heavy atom. The van der Waals surface area contributed by atoms with E-state index in [1.54, 1.807) is 57.7 Å². The molecule has 0 radical (unpaired) electrons. The maximum Gasteiger partial charge on any atom is 0.203 e. The summed E-state index contributed by atoms with van der Waals surface area (Å²) in [6, 6.07) is 16.0. The number of anilines is 1. The molecule has 34 heavy (non-hydrogen) atoms. The molecule has 0 saturated carbocycles. The van der Waals surface area contributed by atoms with Crippen LogP contribution in [-0.4, -0.2) is 39.3 Å². The maximum atomic E-state index is 12.3. The third-order valence-corrected chi connectivity index (χ3v) is 4.98. The second-order valence-electron chi connectivity index (χ2n) is 7.12. The first-order valence-electron chi connectivity index (χ1n) is 10.4. The molecule has 7 heteroatoms. The second-order valence-corrected chi connectivity index (χ2v) is 7.12. The number of ether oxygens (including phenoxy) is 4. The quantitative estimate of drug-likeness (QED) is 0.237. The summed E-state index contributed by atoms with van der Waals surface area (Å²) in [5, 5.41) is 13.5. The summed E-state index contributed by atoms with van der Waals surface area (Å²) in [5.74, 6) is 1.66. The van der Waals surface area contributed by atoms with Gasteiger partial charge in [0.2, 0.25) is 5.75 Å². The number of phenolic OH excluding ortho intramolecular Hbond substituents is 1. The van der Waals surface area contributed by atoms with E-state index in [-0.39, 0.29) is 17.3 Å². The minimum Gasteiger partial charge on any atom is -0.504 e. The van der Waals surface area contributed by atoms with Crippen molar-refractivity contribution in [3.63, 3.8) is 0 Å². The monoisotopic (exact) mass is 461 g/mol. The van der Waals surface area contributed by atoms with Gasteiger partial charge >= 0.3 is 0 Å². The Morgan fingerprint density at radius 1 is 0.794 bits per heavy atom. The Kier molecular flexibility index (Phi) is 8.18. The Hall–Kier alpha value is -4.39. The van der Waals surface area contributed by atoms with Crippen LogP contribution in [0.2, 0.25) is 0 Å². The van der Waals surface area contributed by atoms with Crippen LogP contribution >= 0.6 is 0 Å². The highest BCUT2D eigenvalue weighted by molar-refractivity contribution is 6.04. The second kappa shape index (κ2) is 11.5. The van der Waals surface area contributed by atoms with Crippen molar-refractivity contribution in [1.82, 2.24) is 0 Å². The van der Waals surface area contributed by atoms with Crippen LogP contribution in [0.15, 0.2) is 66.9 Å². The summed E-state index contributed by atoms with van der Waals surface area (Å²) in [4.78, 5) is 12.3. The van der Waals surface area contributed by atoms with Gasteiger partial charge in [0.25, 0.3) is 0 Å². The zero-order chi connectivity index (χ0) is 24.5. The molecule has 0 aliphatic rings. The van der Waals surface area contributed by atoms with Crippen molar-refractivity contribution in [2.45, 2.75) is 0 Å². The zero-order valence-electron chi connectivity index (χ0n) is 19.5. The summed E-state index contributed by atoms with van der Waals surface area (Å²) < 4.78 is 21.5. The van der Waals surface area contributed by atoms with Gasteiger partial charge in [-0.05, 0) is 35.4 Å². The van der Waals surface area contributed by atoms with Gasteiger partial charge in [-0.25, -0.2) is 0 Å².